The predicted octanol–water partition coefficient (Wildman–Crippen LogP) is 3.64. The van der Waals surface area contributed by atoms with Gasteiger partial charge in [-0.05, 0) is 19.1 Å². The van der Waals surface area contributed by atoms with Crippen LogP contribution in [0.3, 0.4) is 0 Å². The summed E-state index contributed by atoms with van der Waals surface area (Å²) in [6.07, 6.45) is 1.09. The number of aliphatic hydroxyl groups excluding tert-OH is 1. The Hall–Kier alpha value is -0.990. The molecule has 0 aliphatic carbocycles. The van der Waals surface area contributed by atoms with E-state index in [2.05, 4.69) is 0 Å². The van der Waals surface area contributed by atoms with Crippen LogP contribution < -0.4 is 0 Å². The zero-order chi connectivity index (χ0) is 10.7. The van der Waals surface area contributed by atoms with Crippen molar-refractivity contribution in [3.05, 3.63) is 45.6 Å². The molecule has 0 aromatic heterocycles. The summed E-state index contributed by atoms with van der Waals surface area (Å²) in [7, 11) is 0. The maximum absolute atomic E-state index is 11.4. The Balaban J connectivity index is 3.14. The van der Waals surface area contributed by atoms with Crippen LogP contribution in [0, 0.1) is 0 Å². The first-order chi connectivity index (χ1) is 6.52. The van der Waals surface area contributed by atoms with Crippen molar-refractivity contribution in [2.45, 2.75) is 6.92 Å². The minimum atomic E-state index is -0.363. The van der Waals surface area contributed by atoms with Crippen LogP contribution >= 0.6 is 23.2 Å². The lowest BCUT2D eigenvalue weighted by Gasteiger charge is -2.01. The van der Waals surface area contributed by atoms with Gasteiger partial charge >= 0.3 is 0 Å². The molecular weight excluding hydrogens is 223 g/mol. The summed E-state index contributed by atoms with van der Waals surface area (Å²) in [5, 5.41) is 9.43. The molecule has 14 heavy (non-hydrogen) atoms. The number of aliphatic hydroxyl groups is 1. The van der Waals surface area contributed by atoms with Gasteiger partial charge in [-0.2, -0.15) is 0 Å². The van der Waals surface area contributed by atoms with Gasteiger partial charge in [-0.25, -0.2) is 0 Å². The summed E-state index contributed by atoms with van der Waals surface area (Å²) in [5.74, 6) is -0.427. The third kappa shape index (κ3) is 2.50. The molecule has 1 aromatic rings. The van der Waals surface area contributed by atoms with Gasteiger partial charge in [0.05, 0.1) is 15.8 Å². The van der Waals surface area contributed by atoms with Crippen molar-refractivity contribution in [2.24, 2.45) is 0 Å². The van der Waals surface area contributed by atoms with Crippen molar-refractivity contribution >= 4 is 29.0 Å². The standard InChI is InChI=1S/C10H8Cl2O2/c1-6(13)5-9(14)7-3-2-4-8(11)10(7)12/h2-5,13H,1H3. The molecule has 0 spiro atoms. The van der Waals surface area contributed by atoms with E-state index in [1.165, 1.54) is 6.92 Å². The Morgan fingerprint density at radius 3 is 2.64 bits per heavy atom. The maximum Gasteiger partial charge on any atom is 0.190 e. The van der Waals surface area contributed by atoms with Gasteiger partial charge < -0.3 is 5.11 Å². The third-order valence-electron chi connectivity index (χ3n) is 1.56. The Morgan fingerprint density at radius 1 is 1.43 bits per heavy atom. The van der Waals surface area contributed by atoms with Crippen molar-refractivity contribution in [3.8, 4) is 0 Å². The van der Waals surface area contributed by atoms with Gasteiger partial charge in [0.15, 0.2) is 5.78 Å². The summed E-state index contributed by atoms with van der Waals surface area (Å²) in [6, 6.07) is 4.77. The van der Waals surface area contributed by atoms with E-state index in [4.69, 9.17) is 28.3 Å². The van der Waals surface area contributed by atoms with Gasteiger partial charge in [0, 0.05) is 11.6 Å². The predicted molar refractivity (Wildman–Crippen MR) is 57.2 cm³/mol. The van der Waals surface area contributed by atoms with E-state index < -0.39 is 0 Å². The molecule has 2 nitrogen and oxygen atoms in total. The number of rotatable bonds is 2. The van der Waals surface area contributed by atoms with Crippen LogP contribution in [0.4, 0.5) is 0 Å². The molecule has 1 rings (SSSR count). The van der Waals surface area contributed by atoms with Crippen LogP contribution in [0.1, 0.15) is 17.3 Å². The van der Waals surface area contributed by atoms with Crippen LogP contribution in [0.25, 0.3) is 0 Å². The van der Waals surface area contributed by atoms with E-state index >= 15 is 0 Å². The average molecular weight is 231 g/mol. The lowest BCUT2D eigenvalue weighted by molar-refractivity contribution is 0.104. The van der Waals surface area contributed by atoms with E-state index in [0.717, 1.165) is 6.08 Å². The molecule has 0 unspecified atom stereocenters. The Kier molecular flexibility index (Phi) is 3.55. The molecule has 1 N–H and O–H groups in total. The summed E-state index contributed by atoms with van der Waals surface area (Å²) >= 11 is 11.5. The Bertz CT molecular complexity index is 393. The lowest BCUT2D eigenvalue weighted by atomic mass is 10.1. The minimum absolute atomic E-state index is 0.0638. The fourth-order valence-corrected chi connectivity index (χ4v) is 1.36. The molecule has 0 saturated heterocycles. The Labute approximate surface area is 91.8 Å². The molecule has 0 bridgehead atoms. The molecule has 0 aliphatic rings. The molecule has 0 radical (unpaired) electrons. The summed E-state index contributed by atoms with van der Waals surface area (Å²) in [4.78, 5) is 11.4. The van der Waals surface area contributed by atoms with Crippen molar-refractivity contribution in [1.82, 2.24) is 0 Å². The molecule has 1 aromatic carbocycles. The number of hydrogen-bond donors (Lipinski definition) is 1. The second kappa shape index (κ2) is 4.49. The molecule has 4 heteroatoms. The average Bonchev–Trinajstić information content (AvgIpc) is 2.08. The molecule has 0 amide bonds. The first kappa shape index (κ1) is 11.1. The van der Waals surface area contributed by atoms with Crippen LogP contribution in [0.15, 0.2) is 30.0 Å². The van der Waals surface area contributed by atoms with E-state index in [0.29, 0.717) is 5.02 Å². The SMILES string of the molecule is CC(O)=CC(=O)c1cccc(Cl)c1Cl. The van der Waals surface area contributed by atoms with Gasteiger partial charge in [0.25, 0.3) is 0 Å². The largest absolute Gasteiger partial charge is 0.512 e. The van der Waals surface area contributed by atoms with Crippen molar-refractivity contribution in [1.29, 1.82) is 0 Å². The number of allylic oxidation sites excluding steroid dienone is 2. The summed E-state index contributed by atoms with van der Waals surface area (Å²) in [6.45, 7) is 1.41. The second-order valence-corrected chi connectivity index (χ2v) is 3.54. The molecule has 0 fully saturated rings. The summed E-state index contributed by atoms with van der Waals surface area (Å²) in [5.41, 5.74) is 0.285. The third-order valence-corrected chi connectivity index (χ3v) is 2.38. The normalized spacial score (nSPS) is 11.5. The first-order valence-electron chi connectivity index (χ1n) is 3.88. The highest BCUT2D eigenvalue weighted by atomic mass is 35.5. The van der Waals surface area contributed by atoms with Crippen LogP contribution in [-0.2, 0) is 0 Å². The highest BCUT2D eigenvalue weighted by Gasteiger charge is 2.10. The minimum Gasteiger partial charge on any atom is -0.512 e. The molecule has 0 heterocycles. The number of ketones is 1. The van der Waals surface area contributed by atoms with E-state index in [9.17, 15) is 4.79 Å². The van der Waals surface area contributed by atoms with Gasteiger partial charge in [-0.3, -0.25) is 4.79 Å². The fourth-order valence-electron chi connectivity index (χ4n) is 0.962. The summed E-state index contributed by atoms with van der Waals surface area (Å²) < 4.78 is 0. The Morgan fingerprint density at radius 2 is 2.07 bits per heavy atom. The van der Waals surface area contributed by atoms with Crippen molar-refractivity contribution in [3.63, 3.8) is 0 Å². The van der Waals surface area contributed by atoms with Gasteiger partial charge in [-0.15, -0.1) is 0 Å². The lowest BCUT2D eigenvalue weighted by Crippen LogP contribution is -1.97. The number of carbonyl (C=O) groups excluding carboxylic acids is 1. The van der Waals surface area contributed by atoms with E-state index in [1.54, 1.807) is 18.2 Å². The maximum atomic E-state index is 11.4. The van der Waals surface area contributed by atoms with Gasteiger partial charge in [0.1, 0.15) is 0 Å². The van der Waals surface area contributed by atoms with Crippen molar-refractivity contribution in [2.75, 3.05) is 0 Å². The topological polar surface area (TPSA) is 37.3 Å². The fraction of sp³-hybridized carbons (Fsp3) is 0.100. The molecule has 0 saturated carbocycles. The zero-order valence-corrected chi connectivity index (χ0v) is 8.93. The number of benzene rings is 1. The first-order valence-corrected chi connectivity index (χ1v) is 4.63. The molecule has 0 atom stereocenters. The quantitative estimate of drug-likeness (QED) is 0.479. The zero-order valence-electron chi connectivity index (χ0n) is 7.42. The monoisotopic (exact) mass is 230 g/mol. The molecule has 74 valence electrons. The van der Waals surface area contributed by atoms with Gasteiger partial charge in [-0.1, -0.05) is 29.3 Å². The van der Waals surface area contributed by atoms with Crippen LogP contribution in [0.2, 0.25) is 10.0 Å². The number of halogens is 2. The van der Waals surface area contributed by atoms with Crippen molar-refractivity contribution < 1.29 is 9.90 Å². The van der Waals surface area contributed by atoms with Crippen LogP contribution in [-0.4, -0.2) is 10.9 Å². The highest BCUT2D eigenvalue weighted by molar-refractivity contribution is 6.44. The number of hydrogen-bond acceptors (Lipinski definition) is 2. The highest BCUT2D eigenvalue weighted by Crippen LogP contribution is 2.26. The smallest absolute Gasteiger partial charge is 0.190 e. The van der Waals surface area contributed by atoms with Gasteiger partial charge in [0.2, 0.25) is 0 Å². The number of carbonyl (C=O) groups is 1. The molecule has 0 aliphatic heterocycles. The van der Waals surface area contributed by atoms with E-state index in [-0.39, 0.29) is 22.1 Å². The van der Waals surface area contributed by atoms with Crippen LogP contribution in [0.5, 0.6) is 0 Å². The molecular formula is C10H8Cl2O2. The van der Waals surface area contributed by atoms with E-state index in [1.807, 2.05) is 0 Å². The second-order valence-electron chi connectivity index (χ2n) is 2.75.